The van der Waals surface area contributed by atoms with E-state index < -0.39 is 0 Å². The molecule has 1 aliphatic heterocycles. The molecule has 0 aliphatic carbocycles. The maximum absolute atomic E-state index is 5.96. The van der Waals surface area contributed by atoms with Crippen LogP contribution in [0, 0.1) is 0 Å². The third kappa shape index (κ3) is 3.37. The van der Waals surface area contributed by atoms with Crippen LogP contribution >= 0.6 is 15.9 Å². The van der Waals surface area contributed by atoms with E-state index in [1.54, 1.807) is 6.33 Å². The number of H-pyrrole nitrogens is 1. The van der Waals surface area contributed by atoms with Crippen LogP contribution in [0.25, 0.3) is 0 Å². The molecule has 1 fully saturated rings. The summed E-state index contributed by atoms with van der Waals surface area (Å²) in [7, 11) is 0. The molecule has 0 aromatic carbocycles. The number of aromatic amines is 1. The number of nitrogens with one attached hydrogen (secondary N) is 1. The second kappa shape index (κ2) is 5.91. The van der Waals surface area contributed by atoms with Gasteiger partial charge < -0.3 is 10.7 Å². The average molecular weight is 330 g/mol. The fourth-order valence-electron chi connectivity index (χ4n) is 2.68. The average Bonchev–Trinajstić information content (AvgIpc) is 2.76. The van der Waals surface area contributed by atoms with Crippen molar-refractivity contribution in [2.75, 3.05) is 32.7 Å². The second-order valence-electron chi connectivity index (χ2n) is 6.05. The summed E-state index contributed by atoms with van der Waals surface area (Å²) in [6.45, 7) is 11.7. The Morgan fingerprint density at radius 2 is 2.00 bits per heavy atom. The third-order valence-electron chi connectivity index (χ3n) is 3.88. The minimum absolute atomic E-state index is 0.221. The fraction of sp³-hybridized carbons (Fsp3) is 0.769. The van der Waals surface area contributed by atoms with Crippen molar-refractivity contribution in [3.8, 4) is 0 Å². The summed E-state index contributed by atoms with van der Waals surface area (Å²) in [6.07, 6.45) is 1.72. The lowest BCUT2D eigenvalue weighted by molar-refractivity contribution is 0.0424. The Balaban J connectivity index is 2.02. The molecule has 1 aromatic heterocycles. The number of imidazole rings is 1. The number of hydrogen-bond acceptors (Lipinski definition) is 4. The smallest absolute Gasteiger partial charge is 0.128 e. The van der Waals surface area contributed by atoms with Gasteiger partial charge in [-0.15, -0.1) is 0 Å². The van der Waals surface area contributed by atoms with Gasteiger partial charge in [0.05, 0.1) is 18.1 Å². The van der Waals surface area contributed by atoms with Gasteiger partial charge in [-0.3, -0.25) is 9.80 Å². The fourth-order valence-corrected chi connectivity index (χ4v) is 3.16. The van der Waals surface area contributed by atoms with E-state index in [0.29, 0.717) is 6.54 Å². The largest absolute Gasteiger partial charge is 0.346 e. The van der Waals surface area contributed by atoms with Crippen molar-refractivity contribution in [3.63, 3.8) is 0 Å². The molecule has 2 rings (SSSR count). The molecule has 1 atom stereocenters. The molecule has 3 N–H and O–H groups in total. The highest BCUT2D eigenvalue weighted by molar-refractivity contribution is 9.10. The van der Waals surface area contributed by atoms with Crippen LogP contribution < -0.4 is 5.73 Å². The van der Waals surface area contributed by atoms with E-state index in [0.717, 1.165) is 36.5 Å². The Hall–Kier alpha value is -0.430. The van der Waals surface area contributed by atoms with Crippen LogP contribution in [0.5, 0.6) is 0 Å². The summed E-state index contributed by atoms with van der Waals surface area (Å²) in [5.74, 6) is 0. The van der Waals surface area contributed by atoms with Gasteiger partial charge in [-0.2, -0.15) is 0 Å². The highest BCUT2D eigenvalue weighted by atomic mass is 79.9. The Bertz CT molecular complexity index is 403. The minimum Gasteiger partial charge on any atom is -0.346 e. The number of nitrogens with zero attached hydrogens (tertiary/aromatic N) is 3. The van der Waals surface area contributed by atoms with Gasteiger partial charge in [0.15, 0.2) is 0 Å². The van der Waals surface area contributed by atoms with E-state index in [1.807, 2.05) is 0 Å². The molecule has 19 heavy (non-hydrogen) atoms. The molecule has 6 heteroatoms. The Kier molecular flexibility index (Phi) is 4.66. The van der Waals surface area contributed by atoms with Crippen LogP contribution in [0.4, 0.5) is 0 Å². The highest BCUT2D eigenvalue weighted by Crippen LogP contribution is 2.26. The zero-order valence-electron chi connectivity index (χ0n) is 12.0. The zero-order valence-corrected chi connectivity index (χ0v) is 13.6. The standard InChI is InChI=1S/C13H24BrN5/c1-13(2,3)19-6-4-18(5-7-19)10(8-15)11-12(14)17-9-16-11/h9-10H,4-8,15H2,1-3H3,(H,16,17). The van der Waals surface area contributed by atoms with Gasteiger partial charge in [0.2, 0.25) is 0 Å². The van der Waals surface area contributed by atoms with Crippen LogP contribution in [-0.4, -0.2) is 58.0 Å². The molecular weight excluding hydrogens is 306 g/mol. The molecule has 0 radical (unpaired) electrons. The molecule has 1 saturated heterocycles. The molecule has 5 nitrogen and oxygen atoms in total. The summed E-state index contributed by atoms with van der Waals surface area (Å²) < 4.78 is 0.876. The van der Waals surface area contributed by atoms with Crippen LogP contribution in [0.2, 0.25) is 0 Å². The summed E-state index contributed by atoms with van der Waals surface area (Å²) >= 11 is 3.48. The number of piperazine rings is 1. The lowest BCUT2D eigenvalue weighted by Gasteiger charge is -2.44. The van der Waals surface area contributed by atoms with Gasteiger partial charge in [0, 0.05) is 38.3 Å². The van der Waals surface area contributed by atoms with Crippen molar-refractivity contribution < 1.29 is 0 Å². The topological polar surface area (TPSA) is 61.2 Å². The SMILES string of the molecule is CC(C)(C)N1CCN(C(CN)c2[nH]cnc2Br)CC1. The maximum atomic E-state index is 5.96. The van der Waals surface area contributed by atoms with Crippen molar-refractivity contribution in [3.05, 3.63) is 16.6 Å². The number of halogens is 1. The summed E-state index contributed by atoms with van der Waals surface area (Å²) in [6, 6.07) is 0.221. The third-order valence-corrected chi connectivity index (χ3v) is 4.51. The van der Waals surface area contributed by atoms with Crippen LogP contribution in [0.3, 0.4) is 0 Å². The normalized spacial score (nSPS) is 20.7. The van der Waals surface area contributed by atoms with Crippen molar-refractivity contribution >= 4 is 15.9 Å². The molecule has 0 bridgehead atoms. The number of nitrogens with two attached hydrogens (primary N) is 1. The number of rotatable bonds is 3. The molecule has 2 heterocycles. The second-order valence-corrected chi connectivity index (χ2v) is 6.80. The van der Waals surface area contributed by atoms with Gasteiger partial charge in [-0.05, 0) is 36.7 Å². The van der Waals surface area contributed by atoms with E-state index in [2.05, 4.69) is 56.5 Å². The summed E-state index contributed by atoms with van der Waals surface area (Å²) in [4.78, 5) is 12.4. The van der Waals surface area contributed by atoms with Crippen molar-refractivity contribution in [1.82, 2.24) is 19.8 Å². The first-order chi connectivity index (χ1) is 8.93. The number of hydrogen-bond donors (Lipinski definition) is 2. The first-order valence-electron chi connectivity index (χ1n) is 6.81. The van der Waals surface area contributed by atoms with E-state index in [9.17, 15) is 0 Å². The van der Waals surface area contributed by atoms with Gasteiger partial charge in [0.1, 0.15) is 4.60 Å². The molecule has 1 aliphatic rings. The molecule has 0 spiro atoms. The van der Waals surface area contributed by atoms with Gasteiger partial charge >= 0.3 is 0 Å². The molecular formula is C13H24BrN5. The summed E-state index contributed by atoms with van der Waals surface area (Å²) in [5, 5.41) is 0. The number of aromatic nitrogens is 2. The first kappa shape index (κ1) is 15.0. The minimum atomic E-state index is 0.221. The molecule has 0 amide bonds. The van der Waals surface area contributed by atoms with E-state index in [-0.39, 0.29) is 11.6 Å². The molecule has 1 aromatic rings. The van der Waals surface area contributed by atoms with Crippen LogP contribution in [-0.2, 0) is 0 Å². The monoisotopic (exact) mass is 329 g/mol. The molecule has 108 valence electrons. The van der Waals surface area contributed by atoms with Crippen molar-refractivity contribution in [2.45, 2.75) is 32.4 Å². The Morgan fingerprint density at radius 3 is 2.42 bits per heavy atom. The van der Waals surface area contributed by atoms with Gasteiger partial charge in [-0.25, -0.2) is 4.98 Å². The van der Waals surface area contributed by atoms with Crippen LogP contribution in [0.1, 0.15) is 32.5 Å². The van der Waals surface area contributed by atoms with Gasteiger partial charge in [0.25, 0.3) is 0 Å². The first-order valence-corrected chi connectivity index (χ1v) is 7.60. The van der Waals surface area contributed by atoms with E-state index in [1.165, 1.54) is 0 Å². The Morgan fingerprint density at radius 1 is 1.37 bits per heavy atom. The van der Waals surface area contributed by atoms with Crippen molar-refractivity contribution in [1.29, 1.82) is 0 Å². The summed E-state index contributed by atoms with van der Waals surface area (Å²) in [5.41, 5.74) is 7.30. The quantitative estimate of drug-likeness (QED) is 0.884. The molecule has 1 unspecified atom stereocenters. The zero-order chi connectivity index (χ0) is 14.0. The predicted molar refractivity (Wildman–Crippen MR) is 81.0 cm³/mol. The van der Waals surface area contributed by atoms with E-state index in [4.69, 9.17) is 5.73 Å². The van der Waals surface area contributed by atoms with Crippen LogP contribution in [0.15, 0.2) is 10.9 Å². The van der Waals surface area contributed by atoms with Crippen molar-refractivity contribution in [2.24, 2.45) is 5.73 Å². The van der Waals surface area contributed by atoms with Gasteiger partial charge in [-0.1, -0.05) is 0 Å². The maximum Gasteiger partial charge on any atom is 0.128 e. The lowest BCUT2D eigenvalue weighted by atomic mass is 10.0. The molecule has 0 saturated carbocycles. The lowest BCUT2D eigenvalue weighted by Crippen LogP contribution is -2.54. The van der Waals surface area contributed by atoms with E-state index >= 15 is 0 Å². The highest BCUT2D eigenvalue weighted by Gasteiger charge is 2.30. The predicted octanol–water partition coefficient (Wildman–Crippen LogP) is 1.59. The Labute approximate surface area is 123 Å².